The van der Waals surface area contributed by atoms with Crippen LogP contribution in [0, 0.1) is 0 Å². The normalized spacial score (nSPS) is 13.0. The minimum absolute atomic E-state index is 0.0678. The lowest BCUT2D eigenvalue weighted by Crippen LogP contribution is -2.28. The van der Waals surface area contributed by atoms with E-state index in [-0.39, 0.29) is 22.6 Å². The highest BCUT2D eigenvalue weighted by molar-refractivity contribution is 7.17. The molecule has 160 valence electrons. The molecule has 5 rings (SSSR count). The minimum Gasteiger partial charge on any atom is -0.321 e. The zero-order chi connectivity index (χ0) is 22.2. The van der Waals surface area contributed by atoms with Gasteiger partial charge in [-0.3, -0.25) is 18.8 Å². The van der Waals surface area contributed by atoms with Gasteiger partial charge in [-0.15, -0.1) is 11.3 Å². The smallest absolute Gasteiger partial charge is 0.271 e. The lowest BCUT2D eigenvalue weighted by Gasteiger charge is -2.12. The minimum atomic E-state index is -0.614. The fraction of sp³-hybridized carbons (Fsp3) is 0.167. The Labute approximate surface area is 192 Å². The standard InChI is InChI=1S/C24H18ClN3O3S/c25-15-10-11-18(16(12-15)21(29)14-6-2-1-3-7-14)27-22(30)17-13-26-24-28(23(17)31)19-8-4-5-9-20(19)32-24/h1-3,6-7,10-13H,4-5,8-9H2,(H,27,30). The van der Waals surface area contributed by atoms with Crippen molar-refractivity contribution in [3.63, 3.8) is 0 Å². The van der Waals surface area contributed by atoms with Gasteiger partial charge in [0.05, 0.1) is 5.69 Å². The van der Waals surface area contributed by atoms with Crippen LogP contribution in [0.25, 0.3) is 4.96 Å². The number of halogens is 1. The number of hydrogen-bond donors (Lipinski definition) is 1. The molecule has 8 heteroatoms. The number of thiazole rings is 1. The van der Waals surface area contributed by atoms with Gasteiger partial charge >= 0.3 is 0 Å². The largest absolute Gasteiger partial charge is 0.321 e. The first-order valence-corrected chi connectivity index (χ1v) is 11.5. The molecule has 2 heterocycles. The van der Waals surface area contributed by atoms with Gasteiger partial charge in [-0.25, -0.2) is 4.98 Å². The number of anilines is 1. The van der Waals surface area contributed by atoms with Crippen molar-refractivity contribution < 1.29 is 9.59 Å². The lowest BCUT2D eigenvalue weighted by atomic mass is 10.0. The molecule has 1 amide bonds. The van der Waals surface area contributed by atoms with Crippen molar-refractivity contribution in [2.45, 2.75) is 25.7 Å². The van der Waals surface area contributed by atoms with Crippen LogP contribution in [0.5, 0.6) is 0 Å². The Morgan fingerprint density at radius 3 is 2.62 bits per heavy atom. The summed E-state index contributed by atoms with van der Waals surface area (Å²) in [6.07, 6.45) is 5.15. The number of benzene rings is 2. The van der Waals surface area contributed by atoms with Crippen LogP contribution < -0.4 is 10.9 Å². The topological polar surface area (TPSA) is 80.5 Å². The molecular weight excluding hydrogens is 446 g/mol. The quantitative estimate of drug-likeness (QED) is 0.442. The first-order chi connectivity index (χ1) is 15.5. The zero-order valence-corrected chi connectivity index (χ0v) is 18.5. The van der Waals surface area contributed by atoms with E-state index in [9.17, 15) is 14.4 Å². The Kier molecular flexibility index (Phi) is 5.36. The van der Waals surface area contributed by atoms with E-state index in [0.717, 1.165) is 36.3 Å². The third-order valence-corrected chi connectivity index (χ3v) is 6.95. The van der Waals surface area contributed by atoms with Crippen LogP contribution >= 0.6 is 22.9 Å². The Hall–Kier alpha value is -3.29. The Bertz CT molecular complexity index is 1430. The molecule has 0 bridgehead atoms. The summed E-state index contributed by atoms with van der Waals surface area (Å²) in [6.45, 7) is 0. The number of carbonyl (C=O) groups is 2. The third kappa shape index (κ3) is 3.63. The van der Waals surface area contributed by atoms with Gasteiger partial charge in [0.25, 0.3) is 11.5 Å². The highest BCUT2D eigenvalue weighted by Gasteiger charge is 2.23. The molecule has 0 fully saturated rings. The van der Waals surface area contributed by atoms with Crippen molar-refractivity contribution in [2.24, 2.45) is 0 Å². The maximum absolute atomic E-state index is 13.2. The van der Waals surface area contributed by atoms with E-state index in [1.807, 2.05) is 6.07 Å². The summed E-state index contributed by atoms with van der Waals surface area (Å²) in [5.41, 5.74) is 1.50. The summed E-state index contributed by atoms with van der Waals surface area (Å²) >= 11 is 7.63. The zero-order valence-electron chi connectivity index (χ0n) is 16.9. The van der Waals surface area contributed by atoms with Crippen molar-refractivity contribution in [2.75, 3.05) is 5.32 Å². The van der Waals surface area contributed by atoms with E-state index in [1.54, 1.807) is 40.8 Å². The Balaban J connectivity index is 1.52. The molecule has 1 N–H and O–H groups in total. The molecule has 0 unspecified atom stereocenters. The molecule has 0 aliphatic heterocycles. The molecule has 32 heavy (non-hydrogen) atoms. The molecule has 1 aliphatic carbocycles. The summed E-state index contributed by atoms with van der Waals surface area (Å²) < 4.78 is 1.56. The fourth-order valence-corrected chi connectivity index (χ4v) is 5.31. The van der Waals surface area contributed by atoms with Gasteiger partial charge < -0.3 is 5.32 Å². The molecule has 0 atom stereocenters. The molecule has 0 spiro atoms. The second-order valence-corrected chi connectivity index (χ2v) is 9.11. The fourth-order valence-electron chi connectivity index (χ4n) is 3.97. The van der Waals surface area contributed by atoms with Crippen LogP contribution in [0.1, 0.15) is 49.7 Å². The number of nitrogens with one attached hydrogen (secondary N) is 1. The van der Waals surface area contributed by atoms with E-state index in [0.29, 0.717) is 15.5 Å². The number of nitrogens with zero attached hydrogens (tertiary/aromatic N) is 2. The van der Waals surface area contributed by atoms with Crippen LogP contribution in [0.3, 0.4) is 0 Å². The maximum atomic E-state index is 13.2. The average molecular weight is 464 g/mol. The molecule has 0 radical (unpaired) electrons. The Morgan fingerprint density at radius 1 is 1.03 bits per heavy atom. The molecule has 2 aromatic carbocycles. The van der Waals surface area contributed by atoms with Gasteiger partial charge in [-0.1, -0.05) is 41.9 Å². The van der Waals surface area contributed by atoms with E-state index in [1.165, 1.54) is 23.6 Å². The molecule has 0 saturated carbocycles. The molecular formula is C24H18ClN3O3S. The molecule has 2 aromatic heterocycles. The average Bonchev–Trinajstić information content (AvgIpc) is 3.20. The number of fused-ring (bicyclic) bond motifs is 3. The van der Waals surface area contributed by atoms with Gasteiger partial charge in [0.15, 0.2) is 10.7 Å². The van der Waals surface area contributed by atoms with Crippen LogP contribution in [-0.4, -0.2) is 21.1 Å². The van der Waals surface area contributed by atoms with E-state index in [2.05, 4.69) is 10.3 Å². The van der Waals surface area contributed by atoms with Crippen molar-refractivity contribution in [3.05, 3.63) is 97.4 Å². The molecule has 4 aromatic rings. The first-order valence-electron chi connectivity index (χ1n) is 10.3. The number of hydrogen-bond acceptors (Lipinski definition) is 5. The van der Waals surface area contributed by atoms with Gasteiger partial charge in [0.1, 0.15) is 5.56 Å². The van der Waals surface area contributed by atoms with Crippen LogP contribution in [-0.2, 0) is 12.8 Å². The highest BCUT2D eigenvalue weighted by Crippen LogP contribution is 2.28. The van der Waals surface area contributed by atoms with Crippen molar-refractivity contribution in [3.8, 4) is 0 Å². The second-order valence-electron chi connectivity index (χ2n) is 7.61. The number of aryl methyl sites for hydroxylation is 2. The summed E-state index contributed by atoms with van der Waals surface area (Å²) in [4.78, 5) is 45.4. The summed E-state index contributed by atoms with van der Waals surface area (Å²) in [7, 11) is 0. The number of carbonyl (C=O) groups excluding carboxylic acids is 2. The van der Waals surface area contributed by atoms with Crippen molar-refractivity contribution in [1.29, 1.82) is 0 Å². The lowest BCUT2D eigenvalue weighted by molar-refractivity contribution is 0.102. The molecule has 6 nitrogen and oxygen atoms in total. The number of amides is 1. The van der Waals surface area contributed by atoms with Crippen LogP contribution in [0.15, 0.2) is 59.5 Å². The molecule has 0 saturated heterocycles. The van der Waals surface area contributed by atoms with Gasteiger partial charge in [-0.2, -0.15) is 0 Å². The van der Waals surface area contributed by atoms with E-state index < -0.39 is 11.5 Å². The van der Waals surface area contributed by atoms with Crippen molar-refractivity contribution >= 4 is 45.3 Å². The maximum Gasteiger partial charge on any atom is 0.271 e. The predicted octanol–water partition coefficient (Wildman–Crippen LogP) is 4.77. The monoisotopic (exact) mass is 463 g/mol. The summed E-state index contributed by atoms with van der Waals surface area (Å²) in [5.74, 6) is -0.891. The predicted molar refractivity (Wildman–Crippen MR) is 125 cm³/mol. The van der Waals surface area contributed by atoms with Crippen LogP contribution in [0.2, 0.25) is 5.02 Å². The number of rotatable bonds is 4. The summed E-state index contributed by atoms with van der Waals surface area (Å²) in [5, 5.41) is 3.08. The van der Waals surface area contributed by atoms with Gasteiger partial charge in [-0.05, 0) is 43.9 Å². The Morgan fingerprint density at radius 2 is 1.81 bits per heavy atom. The number of aromatic nitrogens is 2. The van der Waals surface area contributed by atoms with E-state index >= 15 is 0 Å². The van der Waals surface area contributed by atoms with E-state index in [4.69, 9.17) is 11.6 Å². The second kappa shape index (κ2) is 8.33. The molecule has 1 aliphatic rings. The van der Waals surface area contributed by atoms with Gasteiger partial charge in [0, 0.05) is 32.9 Å². The summed E-state index contributed by atoms with van der Waals surface area (Å²) in [6, 6.07) is 13.4. The highest BCUT2D eigenvalue weighted by atomic mass is 35.5. The first kappa shape index (κ1) is 20.6. The van der Waals surface area contributed by atoms with Gasteiger partial charge in [0.2, 0.25) is 0 Å². The SMILES string of the molecule is O=C(c1ccccc1)c1cc(Cl)ccc1NC(=O)c1cnc2sc3c(n2c1=O)CCCC3. The third-order valence-electron chi connectivity index (χ3n) is 5.56. The van der Waals surface area contributed by atoms with Crippen LogP contribution in [0.4, 0.5) is 5.69 Å². The van der Waals surface area contributed by atoms with Crippen molar-refractivity contribution in [1.82, 2.24) is 9.38 Å². The number of ketones is 1.